The third-order valence-electron chi connectivity index (χ3n) is 4.73. The zero-order valence-electron chi connectivity index (χ0n) is 14.2. The summed E-state index contributed by atoms with van der Waals surface area (Å²) in [5.74, 6) is 0.921. The molecule has 1 aliphatic heterocycles. The smallest absolute Gasteiger partial charge is 0.317 e. The molecule has 2 heterocycles. The normalized spacial score (nSPS) is 22.0. The minimum atomic E-state index is -0.0346. The summed E-state index contributed by atoms with van der Waals surface area (Å²) in [6.45, 7) is 1.30. The van der Waals surface area contributed by atoms with Crippen molar-refractivity contribution in [3.63, 3.8) is 0 Å². The highest BCUT2D eigenvalue weighted by atomic mass is 16.5. The maximum absolute atomic E-state index is 12.4. The fourth-order valence-corrected chi connectivity index (χ4v) is 3.35. The second kappa shape index (κ2) is 8.17. The first-order valence-electron chi connectivity index (χ1n) is 8.84. The van der Waals surface area contributed by atoms with Crippen LogP contribution in [-0.2, 0) is 0 Å². The largest absolute Gasteiger partial charge is 0.480 e. The van der Waals surface area contributed by atoms with Gasteiger partial charge >= 0.3 is 6.03 Å². The summed E-state index contributed by atoms with van der Waals surface area (Å²) in [6, 6.07) is 3.81. The summed E-state index contributed by atoms with van der Waals surface area (Å²) >= 11 is 0. The van der Waals surface area contributed by atoms with E-state index < -0.39 is 0 Å². The summed E-state index contributed by atoms with van der Waals surface area (Å²) in [5, 5.41) is 11.0. The van der Waals surface area contributed by atoms with Crippen molar-refractivity contribution in [3.8, 4) is 11.8 Å². The van der Waals surface area contributed by atoms with Crippen LogP contribution in [0.3, 0.4) is 0 Å². The molecule has 132 valence electrons. The average molecular weight is 334 g/mol. The molecule has 1 saturated carbocycles. The molecule has 7 heteroatoms. The molecule has 3 rings (SSSR count). The van der Waals surface area contributed by atoms with Crippen molar-refractivity contribution in [2.24, 2.45) is 0 Å². The van der Waals surface area contributed by atoms with Crippen molar-refractivity contribution < 1.29 is 14.3 Å². The molecule has 1 saturated heterocycles. The summed E-state index contributed by atoms with van der Waals surface area (Å²) in [5.41, 5.74) is 0. The van der Waals surface area contributed by atoms with E-state index in [9.17, 15) is 4.79 Å². The second-order valence-electron chi connectivity index (χ2n) is 6.53. The predicted octanol–water partition coefficient (Wildman–Crippen LogP) is 2.37. The van der Waals surface area contributed by atoms with Gasteiger partial charge in [0.2, 0.25) is 11.8 Å². The van der Waals surface area contributed by atoms with Crippen LogP contribution in [0.25, 0.3) is 0 Å². The highest BCUT2D eigenvalue weighted by Gasteiger charge is 2.29. The van der Waals surface area contributed by atoms with Gasteiger partial charge in [-0.2, -0.15) is 0 Å². The molecule has 7 nitrogen and oxygen atoms in total. The molecule has 0 aromatic carbocycles. The zero-order valence-corrected chi connectivity index (χ0v) is 14.2. The molecule has 1 aliphatic carbocycles. The molecule has 1 atom stereocenters. The first-order chi connectivity index (χ1) is 11.7. The van der Waals surface area contributed by atoms with Crippen molar-refractivity contribution in [1.29, 1.82) is 0 Å². The van der Waals surface area contributed by atoms with E-state index in [1.807, 2.05) is 4.90 Å². The highest BCUT2D eigenvalue weighted by Crippen LogP contribution is 2.20. The topological polar surface area (TPSA) is 76.6 Å². The molecule has 2 amide bonds. The van der Waals surface area contributed by atoms with Gasteiger partial charge in [0.05, 0.1) is 13.7 Å². The maximum Gasteiger partial charge on any atom is 0.317 e. The zero-order chi connectivity index (χ0) is 16.8. The van der Waals surface area contributed by atoms with E-state index >= 15 is 0 Å². The van der Waals surface area contributed by atoms with Gasteiger partial charge in [-0.25, -0.2) is 4.79 Å². The first-order valence-corrected chi connectivity index (χ1v) is 8.84. The van der Waals surface area contributed by atoms with Crippen molar-refractivity contribution in [2.45, 2.75) is 57.1 Å². The number of hydrogen-bond acceptors (Lipinski definition) is 5. The second-order valence-corrected chi connectivity index (χ2v) is 6.53. The van der Waals surface area contributed by atoms with E-state index in [1.54, 1.807) is 19.2 Å². The third-order valence-corrected chi connectivity index (χ3v) is 4.73. The number of likely N-dealkylation sites (tertiary alicyclic amines) is 1. The Kier molecular flexibility index (Phi) is 5.72. The summed E-state index contributed by atoms with van der Waals surface area (Å²) < 4.78 is 10.8. The van der Waals surface area contributed by atoms with Gasteiger partial charge in [-0.05, 0) is 12.8 Å². The predicted molar refractivity (Wildman–Crippen MR) is 89.2 cm³/mol. The molecule has 0 bridgehead atoms. The summed E-state index contributed by atoms with van der Waals surface area (Å²) in [4.78, 5) is 14.3. The lowest BCUT2D eigenvalue weighted by molar-refractivity contribution is 0.179. The van der Waals surface area contributed by atoms with Crippen LogP contribution >= 0.6 is 0 Å². The van der Waals surface area contributed by atoms with E-state index in [2.05, 4.69) is 15.5 Å². The quantitative estimate of drug-likeness (QED) is 0.856. The lowest BCUT2D eigenvalue weighted by Gasteiger charge is -2.22. The highest BCUT2D eigenvalue weighted by molar-refractivity contribution is 5.74. The van der Waals surface area contributed by atoms with E-state index in [1.165, 1.54) is 25.7 Å². The number of methoxy groups -OCH3 is 1. The van der Waals surface area contributed by atoms with Gasteiger partial charge < -0.3 is 19.7 Å². The fourth-order valence-electron chi connectivity index (χ4n) is 3.35. The number of carbonyl (C=O) groups excluding carboxylic acids is 1. The van der Waals surface area contributed by atoms with Crippen molar-refractivity contribution in [2.75, 3.05) is 20.2 Å². The minimum Gasteiger partial charge on any atom is -0.480 e. The number of aromatic nitrogens is 2. The van der Waals surface area contributed by atoms with Crippen LogP contribution in [0.15, 0.2) is 12.1 Å². The number of rotatable bonds is 4. The van der Waals surface area contributed by atoms with Gasteiger partial charge in [0, 0.05) is 31.1 Å². The fraction of sp³-hybridized carbons (Fsp3) is 0.706. The van der Waals surface area contributed by atoms with E-state index in [4.69, 9.17) is 9.47 Å². The van der Waals surface area contributed by atoms with Gasteiger partial charge in [-0.1, -0.05) is 25.7 Å². The molecular formula is C17H26N4O3. The van der Waals surface area contributed by atoms with Crippen LogP contribution in [0.2, 0.25) is 0 Å². The number of ether oxygens (including phenoxy) is 2. The first kappa shape index (κ1) is 16.8. The Hall–Kier alpha value is -2.05. The molecule has 2 aliphatic rings. The van der Waals surface area contributed by atoms with Crippen molar-refractivity contribution in [3.05, 3.63) is 12.1 Å². The van der Waals surface area contributed by atoms with Crippen LogP contribution in [-0.4, -0.2) is 53.5 Å². The Morgan fingerprint density at radius 3 is 2.50 bits per heavy atom. The number of nitrogens with zero attached hydrogens (tertiary/aromatic N) is 3. The molecular weight excluding hydrogens is 308 g/mol. The lowest BCUT2D eigenvalue weighted by atomic mass is 10.1. The van der Waals surface area contributed by atoms with Crippen LogP contribution in [0.1, 0.15) is 44.9 Å². The number of amides is 2. The molecule has 0 spiro atoms. The van der Waals surface area contributed by atoms with Crippen LogP contribution < -0.4 is 14.8 Å². The molecule has 24 heavy (non-hydrogen) atoms. The Balaban J connectivity index is 1.46. The molecule has 0 radical (unpaired) electrons. The van der Waals surface area contributed by atoms with E-state index in [0.717, 1.165) is 19.3 Å². The van der Waals surface area contributed by atoms with Gasteiger partial charge in [-0.15, -0.1) is 10.2 Å². The monoisotopic (exact) mass is 334 g/mol. The Morgan fingerprint density at radius 2 is 1.83 bits per heavy atom. The van der Waals surface area contributed by atoms with E-state index in [-0.39, 0.29) is 12.1 Å². The Labute approximate surface area is 142 Å². The molecule has 1 aromatic heterocycles. The van der Waals surface area contributed by atoms with E-state index in [0.29, 0.717) is 30.9 Å². The number of nitrogens with one attached hydrogen (secondary N) is 1. The van der Waals surface area contributed by atoms with Crippen molar-refractivity contribution >= 4 is 6.03 Å². The molecule has 0 unspecified atom stereocenters. The number of carbonyl (C=O) groups is 1. The summed E-state index contributed by atoms with van der Waals surface area (Å²) in [6.07, 6.45) is 7.98. The third kappa shape index (κ3) is 4.49. The lowest BCUT2D eigenvalue weighted by Crippen LogP contribution is -2.44. The molecule has 2 fully saturated rings. The molecule has 1 N–H and O–H groups in total. The number of hydrogen-bond donors (Lipinski definition) is 1. The van der Waals surface area contributed by atoms with Gasteiger partial charge in [0.1, 0.15) is 6.10 Å². The van der Waals surface area contributed by atoms with Crippen molar-refractivity contribution in [1.82, 2.24) is 20.4 Å². The van der Waals surface area contributed by atoms with Gasteiger partial charge in [-0.3, -0.25) is 0 Å². The maximum atomic E-state index is 12.4. The number of urea groups is 1. The Morgan fingerprint density at radius 1 is 1.12 bits per heavy atom. The average Bonchev–Trinajstić information content (AvgIpc) is 2.92. The standard InChI is InChI=1S/C17H26N4O3/c1-23-15-8-9-16(20-19-15)24-14-10-11-21(12-14)17(22)18-13-6-4-2-3-5-7-13/h8-9,13-14H,2-7,10-12H2,1H3,(H,18,22)/t14-/m1/s1. The Bertz CT molecular complexity index is 529. The SMILES string of the molecule is COc1ccc(O[C@@H]2CCN(C(=O)NC3CCCCCC3)C2)nn1. The minimum absolute atomic E-state index is 0.0346. The molecule has 1 aromatic rings. The van der Waals surface area contributed by atoms with Crippen LogP contribution in [0, 0.1) is 0 Å². The van der Waals surface area contributed by atoms with Crippen LogP contribution in [0.5, 0.6) is 11.8 Å². The van der Waals surface area contributed by atoms with Gasteiger partial charge in [0.15, 0.2) is 0 Å². The summed E-state index contributed by atoms with van der Waals surface area (Å²) in [7, 11) is 1.55. The van der Waals surface area contributed by atoms with Crippen LogP contribution in [0.4, 0.5) is 4.79 Å². The van der Waals surface area contributed by atoms with Gasteiger partial charge in [0.25, 0.3) is 0 Å².